The number of nitrogens with one attached hydrogen (secondary N) is 2. The van der Waals surface area contributed by atoms with Gasteiger partial charge in [-0.2, -0.15) is 12.6 Å². The minimum atomic E-state index is -1.14. The lowest BCUT2D eigenvalue weighted by Gasteiger charge is -2.30. The lowest BCUT2D eigenvalue weighted by atomic mass is 9.98. The first-order chi connectivity index (χ1) is 16.4. The van der Waals surface area contributed by atoms with Gasteiger partial charge in [0, 0.05) is 17.5 Å². The molecule has 2 unspecified atom stereocenters. The van der Waals surface area contributed by atoms with Crippen molar-refractivity contribution in [1.29, 1.82) is 0 Å². The maximum Gasteiger partial charge on any atom is 0.408 e. The summed E-state index contributed by atoms with van der Waals surface area (Å²) in [5.41, 5.74) is 3.09. The van der Waals surface area contributed by atoms with Gasteiger partial charge in [0.2, 0.25) is 0 Å². The summed E-state index contributed by atoms with van der Waals surface area (Å²) in [5, 5.41) is 5.40. The standard InChI is InChI=1S/C27H33N3O4S/c1-8-30(25(32)22(16-35)29-26(33)34-27(5,6)7)23(20-14-17(2)13-18(3)15-20)24(31)28-21-12-10-9-11-19(21)4/h1,9-15,22-23,35H,16H2,2-7H3,(H,28,31)(H,29,33). The molecule has 7 nitrogen and oxygen atoms in total. The number of amides is 3. The number of rotatable bonds is 7. The Hall–Kier alpha value is -3.44. The number of terminal acetylenes is 1. The van der Waals surface area contributed by atoms with Crippen LogP contribution in [0.15, 0.2) is 42.5 Å². The van der Waals surface area contributed by atoms with Crippen LogP contribution in [0.5, 0.6) is 0 Å². The zero-order valence-electron chi connectivity index (χ0n) is 21.0. The molecule has 2 aromatic rings. The molecule has 0 aromatic heterocycles. The third-order valence-electron chi connectivity index (χ3n) is 5.02. The molecule has 0 aliphatic heterocycles. The molecule has 0 bridgehead atoms. The number of hydrogen-bond acceptors (Lipinski definition) is 5. The van der Waals surface area contributed by atoms with E-state index in [4.69, 9.17) is 11.2 Å². The van der Waals surface area contributed by atoms with Crippen molar-refractivity contribution in [3.8, 4) is 12.5 Å². The Morgan fingerprint density at radius 2 is 1.69 bits per heavy atom. The smallest absolute Gasteiger partial charge is 0.408 e. The van der Waals surface area contributed by atoms with Crippen molar-refractivity contribution in [2.75, 3.05) is 11.1 Å². The van der Waals surface area contributed by atoms with Gasteiger partial charge in [0.1, 0.15) is 17.7 Å². The number of aryl methyl sites for hydroxylation is 3. The Morgan fingerprint density at radius 3 is 2.20 bits per heavy atom. The average Bonchev–Trinajstić information content (AvgIpc) is 2.74. The van der Waals surface area contributed by atoms with E-state index >= 15 is 0 Å². The van der Waals surface area contributed by atoms with E-state index in [-0.39, 0.29) is 5.75 Å². The molecule has 0 aliphatic carbocycles. The van der Waals surface area contributed by atoms with E-state index in [9.17, 15) is 14.4 Å². The van der Waals surface area contributed by atoms with Crippen LogP contribution in [-0.2, 0) is 14.3 Å². The lowest BCUT2D eigenvalue weighted by Crippen LogP contribution is -2.51. The van der Waals surface area contributed by atoms with Crippen LogP contribution < -0.4 is 10.6 Å². The Morgan fingerprint density at radius 1 is 1.09 bits per heavy atom. The second-order valence-electron chi connectivity index (χ2n) is 9.35. The third-order valence-corrected chi connectivity index (χ3v) is 5.38. The highest BCUT2D eigenvalue weighted by Gasteiger charge is 2.35. The molecule has 2 aromatic carbocycles. The zero-order chi connectivity index (χ0) is 26.3. The minimum absolute atomic E-state index is 0.0464. The van der Waals surface area contributed by atoms with E-state index in [1.54, 1.807) is 32.9 Å². The third kappa shape index (κ3) is 7.79. The summed E-state index contributed by atoms with van der Waals surface area (Å²) < 4.78 is 5.26. The predicted octanol–water partition coefficient (Wildman–Crippen LogP) is 4.53. The highest BCUT2D eigenvalue weighted by molar-refractivity contribution is 7.80. The van der Waals surface area contributed by atoms with Gasteiger partial charge < -0.3 is 15.4 Å². The SMILES string of the molecule is C#CN(C(=O)C(CS)NC(=O)OC(C)(C)C)C(C(=O)Nc1ccccc1C)c1cc(C)cc(C)c1. The molecule has 2 rings (SSSR count). The molecule has 2 N–H and O–H groups in total. The van der Waals surface area contributed by atoms with Crippen LogP contribution in [-0.4, -0.2) is 40.2 Å². The first-order valence-electron chi connectivity index (χ1n) is 11.2. The lowest BCUT2D eigenvalue weighted by molar-refractivity contribution is -0.136. The molecular weight excluding hydrogens is 462 g/mol. The molecular formula is C27H33N3O4S. The molecule has 0 radical (unpaired) electrons. The summed E-state index contributed by atoms with van der Waals surface area (Å²) in [4.78, 5) is 40.4. The highest BCUT2D eigenvalue weighted by atomic mass is 32.1. The monoisotopic (exact) mass is 495 g/mol. The van der Waals surface area contributed by atoms with Crippen LogP contribution in [0.25, 0.3) is 0 Å². The number of nitrogens with zero attached hydrogens (tertiary/aromatic N) is 1. The number of alkyl carbamates (subject to hydrolysis) is 1. The number of ether oxygens (including phenoxy) is 1. The van der Waals surface area contributed by atoms with Crippen molar-refractivity contribution in [3.05, 3.63) is 64.7 Å². The van der Waals surface area contributed by atoms with E-state index in [1.165, 1.54) is 0 Å². The molecule has 0 aliphatic rings. The second-order valence-corrected chi connectivity index (χ2v) is 9.71. The van der Waals surface area contributed by atoms with E-state index in [0.29, 0.717) is 11.3 Å². The van der Waals surface area contributed by atoms with Crippen LogP contribution in [0.4, 0.5) is 10.5 Å². The van der Waals surface area contributed by atoms with Gasteiger partial charge in [-0.25, -0.2) is 4.79 Å². The molecule has 2 atom stereocenters. The fourth-order valence-electron chi connectivity index (χ4n) is 3.57. The molecule has 3 amide bonds. The van der Waals surface area contributed by atoms with E-state index in [2.05, 4.69) is 29.3 Å². The van der Waals surface area contributed by atoms with Crippen molar-refractivity contribution in [1.82, 2.24) is 10.2 Å². The first-order valence-corrected chi connectivity index (χ1v) is 11.8. The van der Waals surface area contributed by atoms with Crippen LogP contribution in [0.1, 0.15) is 49.1 Å². The number of hydrogen-bond donors (Lipinski definition) is 3. The summed E-state index contributed by atoms with van der Waals surface area (Å²) in [7, 11) is 0. The second kappa shape index (κ2) is 11.8. The summed E-state index contributed by atoms with van der Waals surface area (Å²) in [6.07, 6.45) is 5.00. The van der Waals surface area contributed by atoms with Gasteiger partial charge in [-0.05, 0) is 58.7 Å². The predicted molar refractivity (Wildman–Crippen MR) is 141 cm³/mol. The number of carbonyl (C=O) groups excluding carboxylic acids is 3. The molecule has 0 saturated carbocycles. The first kappa shape index (κ1) is 27.8. The topological polar surface area (TPSA) is 87.7 Å². The largest absolute Gasteiger partial charge is 0.444 e. The van der Waals surface area contributed by atoms with E-state index in [1.807, 2.05) is 51.1 Å². The summed E-state index contributed by atoms with van der Waals surface area (Å²) in [6, 6.07) is 13.0. The van der Waals surface area contributed by atoms with Crippen molar-refractivity contribution < 1.29 is 19.1 Å². The average molecular weight is 496 g/mol. The van der Waals surface area contributed by atoms with Crippen molar-refractivity contribution >= 4 is 36.2 Å². The van der Waals surface area contributed by atoms with Crippen molar-refractivity contribution in [2.45, 2.75) is 59.2 Å². The van der Waals surface area contributed by atoms with Crippen LogP contribution in [0.2, 0.25) is 0 Å². The number of para-hydroxylation sites is 1. The van der Waals surface area contributed by atoms with Crippen LogP contribution in [0.3, 0.4) is 0 Å². The normalized spacial score (nSPS) is 12.6. The molecule has 0 spiro atoms. The van der Waals surface area contributed by atoms with Gasteiger partial charge in [-0.1, -0.05) is 53.9 Å². The molecule has 0 heterocycles. The fraction of sp³-hybridized carbons (Fsp3) is 0.370. The molecule has 186 valence electrons. The Labute approximate surface area is 213 Å². The zero-order valence-corrected chi connectivity index (χ0v) is 21.9. The van der Waals surface area contributed by atoms with Gasteiger partial charge in [0.05, 0.1) is 0 Å². The van der Waals surface area contributed by atoms with Crippen molar-refractivity contribution in [2.24, 2.45) is 0 Å². The summed E-state index contributed by atoms with van der Waals surface area (Å²) in [5.74, 6) is -1.18. The highest BCUT2D eigenvalue weighted by Crippen LogP contribution is 2.26. The van der Waals surface area contributed by atoms with Crippen LogP contribution in [0, 0.1) is 33.2 Å². The maximum atomic E-state index is 13.6. The van der Waals surface area contributed by atoms with Gasteiger partial charge >= 0.3 is 6.09 Å². The number of thiol groups is 1. The number of anilines is 1. The molecule has 0 fully saturated rings. The Kier molecular flexibility index (Phi) is 9.38. The quantitative estimate of drug-likeness (QED) is 0.299. The van der Waals surface area contributed by atoms with Crippen molar-refractivity contribution in [3.63, 3.8) is 0 Å². The Bertz CT molecular complexity index is 1110. The van der Waals surface area contributed by atoms with Gasteiger partial charge in [0.25, 0.3) is 11.8 Å². The Balaban J connectivity index is 2.46. The maximum absolute atomic E-state index is 13.6. The van der Waals surface area contributed by atoms with Gasteiger partial charge in [-0.3, -0.25) is 14.5 Å². The number of carbonyl (C=O) groups is 3. The van der Waals surface area contributed by atoms with E-state index in [0.717, 1.165) is 21.6 Å². The van der Waals surface area contributed by atoms with Gasteiger partial charge in [0.15, 0.2) is 0 Å². The summed E-state index contributed by atoms with van der Waals surface area (Å²) >= 11 is 4.22. The minimum Gasteiger partial charge on any atom is -0.444 e. The molecule has 35 heavy (non-hydrogen) atoms. The summed E-state index contributed by atoms with van der Waals surface area (Å²) in [6.45, 7) is 10.8. The molecule has 8 heteroatoms. The fourth-order valence-corrected chi connectivity index (χ4v) is 3.82. The van der Waals surface area contributed by atoms with Crippen LogP contribution >= 0.6 is 12.6 Å². The van der Waals surface area contributed by atoms with E-state index < -0.39 is 35.6 Å². The van der Waals surface area contributed by atoms with Gasteiger partial charge in [-0.15, -0.1) is 0 Å². The number of benzene rings is 2. The molecule has 0 saturated heterocycles.